The molecule has 0 bridgehead atoms. The minimum Gasteiger partial charge on any atom is -0.486 e. The first-order valence-corrected chi connectivity index (χ1v) is 7.94. The first-order chi connectivity index (χ1) is 10.8. The number of piperazine rings is 1. The molecule has 0 unspecified atom stereocenters. The quantitative estimate of drug-likeness (QED) is 0.775. The summed E-state index contributed by atoms with van der Waals surface area (Å²) in [5.41, 5.74) is 0.617. The van der Waals surface area contributed by atoms with Gasteiger partial charge in [-0.25, -0.2) is 0 Å². The maximum absolute atomic E-state index is 12.2. The largest absolute Gasteiger partial charge is 0.486 e. The summed E-state index contributed by atoms with van der Waals surface area (Å²) in [6, 6.07) is 5.32. The topological polar surface area (TPSA) is 62.8 Å². The van der Waals surface area contributed by atoms with Crippen molar-refractivity contribution >= 4 is 5.91 Å². The van der Waals surface area contributed by atoms with Crippen LogP contribution in [0.1, 0.15) is 16.8 Å². The van der Waals surface area contributed by atoms with Gasteiger partial charge in [0.1, 0.15) is 13.2 Å². The zero-order chi connectivity index (χ0) is 15.2. The number of hydrogen-bond acceptors (Lipinski definition) is 5. The molecule has 2 N–H and O–H groups in total. The molecule has 1 saturated heterocycles. The summed E-state index contributed by atoms with van der Waals surface area (Å²) in [5, 5.41) is 6.30. The molecule has 6 nitrogen and oxygen atoms in total. The van der Waals surface area contributed by atoms with E-state index in [1.165, 1.54) is 0 Å². The van der Waals surface area contributed by atoms with Crippen LogP contribution in [0, 0.1) is 0 Å². The molecule has 6 heteroatoms. The van der Waals surface area contributed by atoms with E-state index in [-0.39, 0.29) is 5.91 Å². The number of benzene rings is 1. The number of ether oxygens (including phenoxy) is 2. The van der Waals surface area contributed by atoms with Crippen molar-refractivity contribution in [3.63, 3.8) is 0 Å². The molecule has 1 fully saturated rings. The van der Waals surface area contributed by atoms with E-state index in [4.69, 9.17) is 9.47 Å². The zero-order valence-corrected chi connectivity index (χ0v) is 12.8. The summed E-state index contributed by atoms with van der Waals surface area (Å²) in [6.07, 6.45) is 0.969. The summed E-state index contributed by atoms with van der Waals surface area (Å²) >= 11 is 0. The highest BCUT2D eigenvalue weighted by Crippen LogP contribution is 2.30. The molecule has 2 aliphatic heterocycles. The SMILES string of the molecule is O=C(NCCCN1CCNCC1)c1ccc2c(c1)OCCO2. The molecule has 120 valence electrons. The number of carbonyl (C=O) groups excluding carboxylic acids is 1. The Morgan fingerprint density at radius 2 is 1.95 bits per heavy atom. The van der Waals surface area contributed by atoms with E-state index in [0.717, 1.165) is 39.1 Å². The van der Waals surface area contributed by atoms with Gasteiger partial charge in [-0.2, -0.15) is 0 Å². The van der Waals surface area contributed by atoms with Crippen molar-refractivity contribution in [1.82, 2.24) is 15.5 Å². The van der Waals surface area contributed by atoms with Crippen LogP contribution in [0.3, 0.4) is 0 Å². The van der Waals surface area contributed by atoms with Gasteiger partial charge in [0.15, 0.2) is 11.5 Å². The summed E-state index contributed by atoms with van der Waals surface area (Å²) in [6.45, 7) is 7.12. The Morgan fingerprint density at radius 3 is 2.77 bits per heavy atom. The molecule has 0 spiro atoms. The van der Waals surface area contributed by atoms with E-state index < -0.39 is 0 Å². The second kappa shape index (κ2) is 7.47. The minimum absolute atomic E-state index is 0.0581. The predicted molar refractivity (Wildman–Crippen MR) is 83.7 cm³/mol. The molecular weight excluding hydrogens is 282 g/mol. The molecule has 2 aliphatic rings. The highest BCUT2D eigenvalue weighted by Gasteiger charge is 2.15. The van der Waals surface area contributed by atoms with Gasteiger partial charge < -0.3 is 25.0 Å². The normalized spacial score (nSPS) is 18.0. The number of nitrogens with zero attached hydrogens (tertiary/aromatic N) is 1. The van der Waals surface area contributed by atoms with E-state index in [0.29, 0.717) is 36.8 Å². The van der Waals surface area contributed by atoms with Gasteiger partial charge in [-0.3, -0.25) is 4.79 Å². The maximum atomic E-state index is 12.2. The van der Waals surface area contributed by atoms with Crippen LogP contribution in [-0.4, -0.2) is 63.3 Å². The molecule has 22 heavy (non-hydrogen) atoms. The van der Waals surface area contributed by atoms with Gasteiger partial charge in [0.25, 0.3) is 5.91 Å². The molecular formula is C16H23N3O3. The molecule has 0 radical (unpaired) electrons. The Bertz CT molecular complexity index is 515. The fraction of sp³-hybridized carbons (Fsp3) is 0.562. The van der Waals surface area contributed by atoms with Gasteiger partial charge in [0.05, 0.1) is 0 Å². The van der Waals surface area contributed by atoms with E-state index in [9.17, 15) is 4.79 Å². The Labute approximate surface area is 130 Å². The molecule has 0 atom stereocenters. The van der Waals surface area contributed by atoms with E-state index >= 15 is 0 Å². The molecule has 1 amide bonds. The minimum atomic E-state index is -0.0581. The van der Waals surface area contributed by atoms with Gasteiger partial charge in [-0.05, 0) is 31.2 Å². The van der Waals surface area contributed by atoms with Crippen molar-refractivity contribution in [3.05, 3.63) is 23.8 Å². The third-order valence-corrected chi connectivity index (χ3v) is 3.95. The maximum Gasteiger partial charge on any atom is 0.251 e. The van der Waals surface area contributed by atoms with Crippen molar-refractivity contribution in [3.8, 4) is 11.5 Å². The standard InChI is InChI=1S/C16H23N3O3/c20-16(18-4-1-7-19-8-5-17-6-9-19)13-2-3-14-15(12-13)22-11-10-21-14/h2-3,12,17H,1,4-11H2,(H,18,20). The third-order valence-electron chi connectivity index (χ3n) is 3.95. The Kier molecular flexibility index (Phi) is 5.13. The van der Waals surface area contributed by atoms with Crippen LogP contribution in [0.2, 0.25) is 0 Å². The number of rotatable bonds is 5. The highest BCUT2D eigenvalue weighted by molar-refractivity contribution is 5.94. The number of fused-ring (bicyclic) bond motifs is 1. The van der Waals surface area contributed by atoms with E-state index in [2.05, 4.69) is 15.5 Å². The monoisotopic (exact) mass is 305 g/mol. The van der Waals surface area contributed by atoms with Crippen LogP contribution in [0.4, 0.5) is 0 Å². The summed E-state index contributed by atoms with van der Waals surface area (Å²) in [4.78, 5) is 14.6. The van der Waals surface area contributed by atoms with Gasteiger partial charge in [0.2, 0.25) is 0 Å². The first-order valence-electron chi connectivity index (χ1n) is 7.94. The zero-order valence-electron chi connectivity index (χ0n) is 12.8. The van der Waals surface area contributed by atoms with Crippen LogP contribution in [0.5, 0.6) is 11.5 Å². The Hall–Kier alpha value is -1.79. The van der Waals surface area contributed by atoms with Crippen molar-refractivity contribution in [2.75, 3.05) is 52.5 Å². The fourth-order valence-corrected chi connectivity index (χ4v) is 2.73. The molecule has 1 aromatic carbocycles. The van der Waals surface area contributed by atoms with Crippen molar-refractivity contribution in [2.24, 2.45) is 0 Å². The molecule has 2 heterocycles. The van der Waals surface area contributed by atoms with Crippen LogP contribution in [0.15, 0.2) is 18.2 Å². The van der Waals surface area contributed by atoms with Crippen molar-refractivity contribution in [2.45, 2.75) is 6.42 Å². The van der Waals surface area contributed by atoms with Crippen LogP contribution >= 0.6 is 0 Å². The molecule has 1 aromatic rings. The lowest BCUT2D eigenvalue weighted by atomic mass is 10.2. The van der Waals surface area contributed by atoms with Crippen molar-refractivity contribution < 1.29 is 14.3 Å². The second-order valence-electron chi connectivity index (χ2n) is 5.56. The van der Waals surface area contributed by atoms with Gasteiger partial charge >= 0.3 is 0 Å². The number of hydrogen-bond donors (Lipinski definition) is 2. The Morgan fingerprint density at radius 1 is 1.18 bits per heavy atom. The lowest BCUT2D eigenvalue weighted by Crippen LogP contribution is -2.44. The van der Waals surface area contributed by atoms with Gasteiger partial charge in [-0.1, -0.05) is 0 Å². The average molecular weight is 305 g/mol. The molecule has 0 saturated carbocycles. The lowest BCUT2D eigenvalue weighted by Gasteiger charge is -2.27. The van der Waals surface area contributed by atoms with E-state index in [1.807, 2.05) is 0 Å². The molecule has 3 rings (SSSR count). The highest BCUT2D eigenvalue weighted by atomic mass is 16.6. The van der Waals surface area contributed by atoms with Crippen LogP contribution in [0.25, 0.3) is 0 Å². The number of amides is 1. The van der Waals surface area contributed by atoms with Crippen molar-refractivity contribution in [1.29, 1.82) is 0 Å². The first kappa shape index (κ1) is 15.1. The molecule has 0 aromatic heterocycles. The number of nitrogens with one attached hydrogen (secondary N) is 2. The average Bonchev–Trinajstić information content (AvgIpc) is 2.59. The Balaban J connectivity index is 1.43. The predicted octanol–water partition coefficient (Wildman–Crippen LogP) is 0.483. The summed E-state index contributed by atoms with van der Waals surface area (Å²) in [7, 11) is 0. The third kappa shape index (κ3) is 3.90. The smallest absolute Gasteiger partial charge is 0.251 e. The van der Waals surface area contributed by atoms with E-state index in [1.54, 1.807) is 18.2 Å². The number of carbonyl (C=O) groups is 1. The van der Waals surface area contributed by atoms with Gasteiger partial charge in [0, 0.05) is 38.3 Å². The van der Waals surface area contributed by atoms with Crippen LogP contribution < -0.4 is 20.1 Å². The summed E-state index contributed by atoms with van der Waals surface area (Å²) in [5.74, 6) is 1.30. The fourth-order valence-electron chi connectivity index (χ4n) is 2.73. The van der Waals surface area contributed by atoms with Gasteiger partial charge in [-0.15, -0.1) is 0 Å². The molecule has 0 aliphatic carbocycles. The lowest BCUT2D eigenvalue weighted by molar-refractivity contribution is 0.0950. The van der Waals surface area contributed by atoms with Crippen LogP contribution in [-0.2, 0) is 0 Å². The summed E-state index contributed by atoms with van der Waals surface area (Å²) < 4.78 is 11.0. The second-order valence-corrected chi connectivity index (χ2v) is 5.56.